The van der Waals surface area contributed by atoms with Crippen LogP contribution < -0.4 is 0 Å². The highest BCUT2D eigenvalue weighted by molar-refractivity contribution is 6.23. The van der Waals surface area contributed by atoms with Crippen molar-refractivity contribution in [2.45, 2.75) is 0 Å². The van der Waals surface area contributed by atoms with Gasteiger partial charge in [-0.25, -0.2) is 9.97 Å². The average Bonchev–Trinajstić information content (AvgIpc) is 3.52. The summed E-state index contributed by atoms with van der Waals surface area (Å²) in [6.07, 6.45) is 0. The normalized spacial score (nSPS) is 11.7. The van der Waals surface area contributed by atoms with Crippen LogP contribution in [0.4, 0.5) is 0 Å². The first-order valence-electron chi connectivity index (χ1n) is 16.7. The first kappa shape index (κ1) is 27.5. The van der Waals surface area contributed by atoms with Gasteiger partial charge in [-0.1, -0.05) is 152 Å². The van der Waals surface area contributed by atoms with Crippen LogP contribution >= 0.6 is 0 Å². The van der Waals surface area contributed by atoms with Gasteiger partial charge in [0, 0.05) is 38.4 Å². The minimum atomic E-state index is 0.864. The van der Waals surface area contributed by atoms with E-state index in [9.17, 15) is 0 Å². The zero-order valence-corrected chi connectivity index (χ0v) is 26.6. The van der Waals surface area contributed by atoms with Crippen molar-refractivity contribution in [1.82, 2.24) is 14.5 Å². The van der Waals surface area contributed by atoms with E-state index in [4.69, 9.17) is 9.97 Å². The summed E-state index contributed by atoms with van der Waals surface area (Å²) in [7, 11) is 0. The molecule has 0 atom stereocenters. The molecule has 0 saturated carbocycles. The Kier molecular flexibility index (Phi) is 6.18. The maximum Gasteiger partial charge on any atom is 0.0979 e. The smallest absolute Gasteiger partial charge is 0.0979 e. The van der Waals surface area contributed by atoms with E-state index < -0.39 is 0 Å². The molecule has 0 aliphatic rings. The molecular formula is C46H29N3. The standard InChI is InChI=1S/C46H29N3/c1-2-13-30(14-3-1)31-25-27-32(28-26-31)43-44(48-46-40-22-7-5-18-36(40)35-17-4-6-21-39(35)45(46)47-43)33-15-12-16-34(29-33)49-41-23-10-8-19-37(41)38-20-9-11-24-42(38)49/h1-29H. The fourth-order valence-corrected chi connectivity index (χ4v) is 7.51. The Hall–Kier alpha value is -6.58. The van der Waals surface area contributed by atoms with Gasteiger partial charge in [0.1, 0.15) is 0 Å². The summed E-state index contributed by atoms with van der Waals surface area (Å²) >= 11 is 0. The molecule has 0 amide bonds. The minimum absolute atomic E-state index is 0.864. The molecule has 0 fully saturated rings. The van der Waals surface area contributed by atoms with Gasteiger partial charge in [-0.05, 0) is 46.2 Å². The van der Waals surface area contributed by atoms with Crippen LogP contribution in [0.5, 0.6) is 0 Å². The molecule has 2 aromatic heterocycles. The third kappa shape index (κ3) is 4.37. The lowest BCUT2D eigenvalue weighted by Gasteiger charge is -2.16. The van der Waals surface area contributed by atoms with E-state index in [-0.39, 0.29) is 0 Å². The molecule has 2 heterocycles. The number of fused-ring (bicyclic) bond motifs is 9. The molecule has 0 aliphatic carbocycles. The zero-order chi connectivity index (χ0) is 32.3. The number of hydrogen-bond donors (Lipinski definition) is 0. The van der Waals surface area contributed by atoms with Gasteiger partial charge in [0.15, 0.2) is 0 Å². The maximum atomic E-state index is 5.56. The number of benzene rings is 8. The number of para-hydroxylation sites is 2. The van der Waals surface area contributed by atoms with E-state index in [1.165, 1.54) is 43.7 Å². The van der Waals surface area contributed by atoms with E-state index in [2.05, 4.69) is 180 Å². The first-order valence-corrected chi connectivity index (χ1v) is 16.7. The lowest BCUT2D eigenvalue weighted by Crippen LogP contribution is -1.99. The van der Waals surface area contributed by atoms with Crippen molar-refractivity contribution in [2.75, 3.05) is 0 Å². The highest BCUT2D eigenvalue weighted by atomic mass is 15.0. The van der Waals surface area contributed by atoms with Gasteiger partial charge < -0.3 is 4.57 Å². The van der Waals surface area contributed by atoms with E-state index in [0.717, 1.165) is 50.0 Å². The van der Waals surface area contributed by atoms with Crippen LogP contribution in [0.1, 0.15) is 0 Å². The molecule has 49 heavy (non-hydrogen) atoms. The molecule has 0 spiro atoms. The fourth-order valence-electron chi connectivity index (χ4n) is 7.51. The lowest BCUT2D eigenvalue weighted by atomic mass is 9.97. The molecule has 228 valence electrons. The summed E-state index contributed by atoms with van der Waals surface area (Å²) in [6.45, 7) is 0. The maximum absolute atomic E-state index is 5.56. The molecule has 10 rings (SSSR count). The van der Waals surface area contributed by atoms with Crippen LogP contribution in [-0.2, 0) is 0 Å². The predicted octanol–water partition coefficient (Wildman–Crippen LogP) is 12.0. The highest BCUT2D eigenvalue weighted by Crippen LogP contribution is 2.39. The van der Waals surface area contributed by atoms with Crippen molar-refractivity contribution in [3.8, 4) is 39.3 Å². The summed E-state index contributed by atoms with van der Waals surface area (Å²) < 4.78 is 2.36. The van der Waals surface area contributed by atoms with Gasteiger partial charge in [0.2, 0.25) is 0 Å². The van der Waals surface area contributed by atoms with E-state index in [1.54, 1.807) is 0 Å². The lowest BCUT2D eigenvalue weighted by molar-refractivity contribution is 1.18. The molecule has 8 aromatic carbocycles. The SMILES string of the molecule is c1ccc(-c2ccc(-c3nc4c5ccccc5c5ccccc5c4nc3-c3cccc(-n4c5ccccc5c5ccccc54)c3)cc2)cc1. The summed E-state index contributed by atoms with van der Waals surface area (Å²) in [4.78, 5) is 11.1. The second kappa shape index (κ2) is 11.0. The van der Waals surface area contributed by atoms with Gasteiger partial charge in [0.05, 0.1) is 33.5 Å². The predicted molar refractivity (Wildman–Crippen MR) is 205 cm³/mol. The Balaban J connectivity index is 1.26. The third-order valence-corrected chi connectivity index (χ3v) is 9.77. The molecule has 10 aromatic rings. The number of aromatic nitrogens is 3. The van der Waals surface area contributed by atoms with Crippen molar-refractivity contribution < 1.29 is 0 Å². The molecule has 0 N–H and O–H groups in total. The Bertz CT molecular complexity index is 2810. The molecule has 0 aliphatic heterocycles. The zero-order valence-electron chi connectivity index (χ0n) is 26.6. The summed E-state index contributed by atoms with van der Waals surface area (Å²) in [5, 5.41) is 7.07. The van der Waals surface area contributed by atoms with Gasteiger partial charge in [-0.15, -0.1) is 0 Å². The molecular weight excluding hydrogens is 595 g/mol. The highest BCUT2D eigenvalue weighted by Gasteiger charge is 2.19. The van der Waals surface area contributed by atoms with Gasteiger partial charge in [-0.2, -0.15) is 0 Å². The monoisotopic (exact) mass is 623 g/mol. The number of rotatable bonds is 4. The molecule has 0 saturated heterocycles. The molecule has 3 nitrogen and oxygen atoms in total. The number of hydrogen-bond acceptors (Lipinski definition) is 2. The Morgan fingerprint density at radius 2 is 0.735 bits per heavy atom. The Morgan fingerprint density at radius 1 is 0.306 bits per heavy atom. The van der Waals surface area contributed by atoms with Crippen LogP contribution in [0, 0.1) is 0 Å². The second-order valence-electron chi connectivity index (χ2n) is 12.6. The van der Waals surface area contributed by atoms with Crippen LogP contribution in [0.2, 0.25) is 0 Å². The fraction of sp³-hybridized carbons (Fsp3) is 0. The molecule has 3 heteroatoms. The van der Waals surface area contributed by atoms with Gasteiger partial charge in [0.25, 0.3) is 0 Å². The van der Waals surface area contributed by atoms with Crippen molar-refractivity contribution in [1.29, 1.82) is 0 Å². The van der Waals surface area contributed by atoms with Gasteiger partial charge in [-0.3, -0.25) is 0 Å². The van der Waals surface area contributed by atoms with Crippen LogP contribution in [-0.4, -0.2) is 14.5 Å². The Labute approximate surface area is 283 Å². The van der Waals surface area contributed by atoms with Crippen LogP contribution in [0.15, 0.2) is 176 Å². The largest absolute Gasteiger partial charge is 0.309 e. The first-order chi connectivity index (χ1) is 24.3. The summed E-state index contributed by atoms with van der Waals surface area (Å²) in [6, 6.07) is 62.4. The quantitative estimate of drug-likeness (QED) is 0.183. The molecule has 0 unspecified atom stereocenters. The van der Waals surface area contributed by atoms with E-state index >= 15 is 0 Å². The summed E-state index contributed by atoms with van der Waals surface area (Å²) in [5.41, 5.74) is 11.4. The van der Waals surface area contributed by atoms with Crippen molar-refractivity contribution in [2.24, 2.45) is 0 Å². The van der Waals surface area contributed by atoms with E-state index in [1.807, 2.05) is 0 Å². The minimum Gasteiger partial charge on any atom is -0.309 e. The Morgan fingerprint density at radius 3 is 1.33 bits per heavy atom. The van der Waals surface area contributed by atoms with Crippen LogP contribution in [0.25, 0.3) is 93.7 Å². The third-order valence-electron chi connectivity index (χ3n) is 9.77. The topological polar surface area (TPSA) is 30.7 Å². The average molecular weight is 624 g/mol. The second-order valence-corrected chi connectivity index (χ2v) is 12.6. The van der Waals surface area contributed by atoms with Crippen molar-refractivity contribution in [3.63, 3.8) is 0 Å². The molecule has 0 radical (unpaired) electrons. The van der Waals surface area contributed by atoms with E-state index in [0.29, 0.717) is 0 Å². The van der Waals surface area contributed by atoms with Crippen molar-refractivity contribution >= 4 is 54.4 Å². The van der Waals surface area contributed by atoms with Crippen LogP contribution in [0.3, 0.4) is 0 Å². The van der Waals surface area contributed by atoms with Gasteiger partial charge >= 0.3 is 0 Å². The van der Waals surface area contributed by atoms with Crippen molar-refractivity contribution in [3.05, 3.63) is 176 Å². The summed E-state index contributed by atoms with van der Waals surface area (Å²) in [5.74, 6) is 0. The molecule has 0 bridgehead atoms. The number of nitrogens with zero attached hydrogens (tertiary/aromatic N) is 3.